The Hall–Kier alpha value is -2.16. The quantitative estimate of drug-likeness (QED) is 0.858. The maximum absolute atomic E-state index is 6.34. The molecule has 0 spiro atoms. The number of ether oxygens (including phenoxy) is 1. The summed E-state index contributed by atoms with van der Waals surface area (Å²) in [7, 11) is 1.68. The van der Waals surface area contributed by atoms with Crippen LogP contribution in [-0.2, 0) is 4.74 Å². The second kappa shape index (κ2) is 6.30. The molecule has 0 amide bonds. The molecule has 3 rings (SSSR count). The smallest absolute Gasteiger partial charge is 0.123 e. The van der Waals surface area contributed by atoms with E-state index >= 15 is 0 Å². The van der Waals surface area contributed by atoms with Crippen molar-refractivity contribution in [3.05, 3.63) is 83.4 Å². The van der Waals surface area contributed by atoms with Crippen molar-refractivity contribution < 1.29 is 4.74 Å². The van der Waals surface area contributed by atoms with Gasteiger partial charge in [-0.1, -0.05) is 72.8 Å². The van der Waals surface area contributed by atoms with Crippen LogP contribution in [0.5, 0.6) is 0 Å². The highest BCUT2D eigenvalue weighted by Crippen LogP contribution is 2.37. The molecule has 0 radical (unpaired) electrons. The zero-order chi connectivity index (χ0) is 15.4. The van der Waals surface area contributed by atoms with Crippen LogP contribution in [0.3, 0.4) is 0 Å². The van der Waals surface area contributed by atoms with Crippen LogP contribution in [0, 0.1) is 0 Å². The Morgan fingerprint density at radius 3 is 2.27 bits per heavy atom. The summed E-state index contributed by atoms with van der Waals surface area (Å²) >= 11 is 0. The highest BCUT2D eigenvalue weighted by Gasteiger charge is 2.30. The number of benzene rings is 2. The molecule has 0 saturated carbocycles. The van der Waals surface area contributed by atoms with Gasteiger partial charge >= 0.3 is 0 Å². The van der Waals surface area contributed by atoms with E-state index in [1.807, 2.05) is 24.3 Å². The molecule has 2 aromatic carbocycles. The van der Waals surface area contributed by atoms with Crippen LogP contribution in [0.15, 0.2) is 72.3 Å². The van der Waals surface area contributed by atoms with E-state index in [2.05, 4.69) is 48.6 Å². The first-order chi connectivity index (χ1) is 10.7. The Balaban J connectivity index is 2.04. The number of rotatable bonds is 3. The molecule has 0 aromatic heterocycles. The van der Waals surface area contributed by atoms with E-state index in [1.54, 1.807) is 7.11 Å². The van der Waals surface area contributed by atoms with Gasteiger partial charge in [-0.25, -0.2) is 0 Å². The van der Waals surface area contributed by atoms with Crippen molar-refractivity contribution in [1.82, 2.24) is 0 Å². The SMILES string of the molecule is COC1(N)CC=C(c2ccccc2)C(=Cc2ccccc2)C1. The van der Waals surface area contributed by atoms with Crippen molar-refractivity contribution in [2.75, 3.05) is 7.11 Å². The van der Waals surface area contributed by atoms with Crippen molar-refractivity contribution in [3.8, 4) is 0 Å². The topological polar surface area (TPSA) is 35.2 Å². The predicted octanol–water partition coefficient (Wildman–Crippen LogP) is 4.25. The standard InChI is InChI=1S/C20H21NO/c1-22-20(21)13-12-19(17-10-6-3-7-11-17)18(15-20)14-16-8-4-2-5-9-16/h2-12,14H,13,15,21H2,1H3. The Morgan fingerprint density at radius 2 is 1.64 bits per heavy atom. The molecule has 0 aliphatic heterocycles. The molecule has 1 aliphatic rings. The fraction of sp³-hybridized carbons (Fsp3) is 0.200. The molecular formula is C20H21NO. The Labute approximate surface area is 131 Å². The van der Waals surface area contributed by atoms with Crippen molar-refractivity contribution in [3.63, 3.8) is 0 Å². The van der Waals surface area contributed by atoms with E-state index in [4.69, 9.17) is 10.5 Å². The molecular weight excluding hydrogens is 270 g/mol. The third kappa shape index (κ3) is 3.19. The highest BCUT2D eigenvalue weighted by atomic mass is 16.5. The van der Waals surface area contributed by atoms with Crippen LogP contribution < -0.4 is 5.73 Å². The second-order valence-corrected chi connectivity index (χ2v) is 5.71. The molecule has 2 N–H and O–H groups in total. The first-order valence-electron chi connectivity index (χ1n) is 7.56. The van der Waals surface area contributed by atoms with Gasteiger partial charge in [0.25, 0.3) is 0 Å². The van der Waals surface area contributed by atoms with Gasteiger partial charge in [-0.2, -0.15) is 0 Å². The van der Waals surface area contributed by atoms with Crippen LogP contribution in [0.4, 0.5) is 0 Å². The summed E-state index contributed by atoms with van der Waals surface area (Å²) in [6.07, 6.45) is 5.83. The van der Waals surface area contributed by atoms with Crippen molar-refractivity contribution in [1.29, 1.82) is 0 Å². The van der Waals surface area contributed by atoms with Crippen molar-refractivity contribution in [2.45, 2.75) is 18.6 Å². The molecule has 0 saturated heterocycles. The molecule has 2 nitrogen and oxygen atoms in total. The summed E-state index contributed by atoms with van der Waals surface area (Å²) < 4.78 is 5.52. The molecule has 22 heavy (non-hydrogen) atoms. The first kappa shape index (κ1) is 14.8. The number of methoxy groups -OCH3 is 1. The van der Waals surface area contributed by atoms with E-state index in [0.717, 1.165) is 6.42 Å². The van der Waals surface area contributed by atoms with Gasteiger partial charge in [0.15, 0.2) is 0 Å². The average Bonchev–Trinajstić information content (AvgIpc) is 2.57. The van der Waals surface area contributed by atoms with Gasteiger partial charge in [0, 0.05) is 20.0 Å². The minimum Gasteiger partial charge on any atom is -0.363 e. The summed E-state index contributed by atoms with van der Waals surface area (Å²) in [5.41, 5.74) is 10.6. The molecule has 1 unspecified atom stereocenters. The molecule has 0 fully saturated rings. The number of hydrogen-bond acceptors (Lipinski definition) is 2. The maximum Gasteiger partial charge on any atom is 0.123 e. The Bertz CT molecular complexity index is 688. The molecule has 0 bridgehead atoms. The minimum atomic E-state index is -0.612. The van der Waals surface area contributed by atoms with E-state index in [-0.39, 0.29) is 0 Å². The van der Waals surface area contributed by atoms with E-state index in [0.29, 0.717) is 6.42 Å². The highest BCUT2D eigenvalue weighted by molar-refractivity contribution is 5.85. The lowest BCUT2D eigenvalue weighted by molar-refractivity contribution is -0.00271. The third-order valence-electron chi connectivity index (χ3n) is 4.12. The van der Waals surface area contributed by atoms with Gasteiger partial charge in [-0.3, -0.25) is 0 Å². The maximum atomic E-state index is 6.34. The van der Waals surface area contributed by atoms with Crippen molar-refractivity contribution in [2.24, 2.45) is 5.73 Å². The van der Waals surface area contributed by atoms with Gasteiger partial charge in [-0.05, 0) is 22.3 Å². The lowest BCUT2D eigenvalue weighted by Gasteiger charge is -2.33. The monoisotopic (exact) mass is 291 g/mol. The predicted molar refractivity (Wildman–Crippen MR) is 92.0 cm³/mol. The van der Waals surface area contributed by atoms with E-state index in [9.17, 15) is 0 Å². The lowest BCUT2D eigenvalue weighted by Crippen LogP contribution is -2.43. The van der Waals surface area contributed by atoms with E-state index < -0.39 is 5.72 Å². The second-order valence-electron chi connectivity index (χ2n) is 5.71. The summed E-state index contributed by atoms with van der Waals surface area (Å²) in [6, 6.07) is 20.8. The fourth-order valence-electron chi connectivity index (χ4n) is 2.85. The third-order valence-corrected chi connectivity index (χ3v) is 4.12. The first-order valence-corrected chi connectivity index (χ1v) is 7.56. The average molecular weight is 291 g/mol. The Kier molecular flexibility index (Phi) is 4.23. The zero-order valence-corrected chi connectivity index (χ0v) is 12.8. The van der Waals surface area contributed by atoms with Gasteiger partial charge in [0.05, 0.1) is 0 Å². The van der Waals surface area contributed by atoms with Gasteiger partial charge < -0.3 is 10.5 Å². The molecule has 112 valence electrons. The summed E-state index contributed by atoms with van der Waals surface area (Å²) in [5.74, 6) is 0. The van der Waals surface area contributed by atoms with Crippen LogP contribution >= 0.6 is 0 Å². The van der Waals surface area contributed by atoms with Gasteiger partial charge in [0.2, 0.25) is 0 Å². The number of allylic oxidation sites excluding steroid dienone is 1. The molecule has 2 heteroatoms. The summed E-state index contributed by atoms with van der Waals surface area (Å²) in [5, 5.41) is 0. The van der Waals surface area contributed by atoms with E-state index in [1.165, 1.54) is 22.3 Å². The normalized spacial score (nSPS) is 23.4. The lowest BCUT2D eigenvalue weighted by atomic mass is 9.83. The minimum absolute atomic E-state index is 0.612. The van der Waals surface area contributed by atoms with Crippen LogP contribution in [0.2, 0.25) is 0 Å². The molecule has 2 aromatic rings. The zero-order valence-electron chi connectivity index (χ0n) is 12.8. The largest absolute Gasteiger partial charge is 0.363 e. The van der Waals surface area contributed by atoms with Crippen molar-refractivity contribution >= 4 is 11.6 Å². The fourth-order valence-corrected chi connectivity index (χ4v) is 2.85. The van der Waals surface area contributed by atoms with Gasteiger partial charge in [0.1, 0.15) is 5.72 Å². The molecule has 1 aliphatic carbocycles. The van der Waals surface area contributed by atoms with Crippen LogP contribution in [-0.4, -0.2) is 12.8 Å². The van der Waals surface area contributed by atoms with Crippen LogP contribution in [0.1, 0.15) is 24.0 Å². The summed E-state index contributed by atoms with van der Waals surface area (Å²) in [6.45, 7) is 0. The van der Waals surface area contributed by atoms with Gasteiger partial charge in [-0.15, -0.1) is 0 Å². The number of nitrogens with two attached hydrogens (primary N) is 1. The van der Waals surface area contributed by atoms with Crippen LogP contribution in [0.25, 0.3) is 11.6 Å². The molecule has 1 atom stereocenters. The Morgan fingerprint density at radius 1 is 1.00 bits per heavy atom. The molecule has 0 heterocycles. The summed E-state index contributed by atoms with van der Waals surface area (Å²) in [4.78, 5) is 0. The number of hydrogen-bond donors (Lipinski definition) is 1.